The van der Waals surface area contributed by atoms with Crippen molar-refractivity contribution in [1.29, 1.82) is 0 Å². The van der Waals surface area contributed by atoms with E-state index in [0.29, 0.717) is 10.8 Å². The number of methoxy groups -OCH3 is 1. The van der Waals surface area contributed by atoms with Crippen molar-refractivity contribution in [3.05, 3.63) is 27.7 Å². The Hall–Kier alpha value is -0.210. The van der Waals surface area contributed by atoms with Crippen LogP contribution in [0.5, 0.6) is 5.75 Å². The van der Waals surface area contributed by atoms with E-state index in [1.807, 2.05) is 0 Å². The highest BCUT2D eigenvalue weighted by Crippen LogP contribution is 2.26. The molecule has 0 N–H and O–H groups in total. The van der Waals surface area contributed by atoms with Crippen LogP contribution in [0.25, 0.3) is 0 Å². The fraction of sp³-hybridized carbons (Fsp3) is 0.143. The lowest BCUT2D eigenvalue weighted by atomic mass is 10.3. The SMILES string of the molecule is COc1[c]cc(Br)cc1Cl. The van der Waals surface area contributed by atoms with Crippen LogP contribution in [0, 0.1) is 6.07 Å². The van der Waals surface area contributed by atoms with Crippen LogP contribution in [0.2, 0.25) is 5.02 Å². The van der Waals surface area contributed by atoms with Crippen LogP contribution in [-0.4, -0.2) is 7.11 Å². The Bertz CT molecular complexity index is 237. The third-order valence-electron chi connectivity index (χ3n) is 1.03. The molecule has 0 spiro atoms. The van der Waals surface area contributed by atoms with Crippen molar-refractivity contribution in [2.45, 2.75) is 0 Å². The fourth-order valence-electron chi connectivity index (χ4n) is 0.588. The zero-order chi connectivity index (χ0) is 7.56. The number of rotatable bonds is 1. The summed E-state index contributed by atoms with van der Waals surface area (Å²) in [7, 11) is 1.56. The van der Waals surface area contributed by atoms with Crippen LogP contribution in [0.1, 0.15) is 0 Å². The van der Waals surface area contributed by atoms with E-state index in [9.17, 15) is 0 Å². The maximum Gasteiger partial charge on any atom is 0.145 e. The van der Waals surface area contributed by atoms with E-state index < -0.39 is 0 Å². The van der Waals surface area contributed by atoms with Crippen LogP contribution in [-0.2, 0) is 0 Å². The highest BCUT2D eigenvalue weighted by molar-refractivity contribution is 9.10. The normalized spacial score (nSPS) is 9.50. The van der Waals surface area contributed by atoms with Gasteiger partial charge in [-0.2, -0.15) is 0 Å². The molecule has 0 aliphatic carbocycles. The number of halogens is 2. The molecule has 0 bridgehead atoms. The van der Waals surface area contributed by atoms with Gasteiger partial charge in [0.15, 0.2) is 0 Å². The number of hydrogen-bond acceptors (Lipinski definition) is 1. The molecule has 0 saturated heterocycles. The maximum atomic E-state index is 5.74. The van der Waals surface area contributed by atoms with Crippen LogP contribution in [0.4, 0.5) is 0 Å². The van der Waals surface area contributed by atoms with E-state index in [-0.39, 0.29) is 0 Å². The summed E-state index contributed by atoms with van der Waals surface area (Å²) in [4.78, 5) is 0. The molecule has 1 radical (unpaired) electrons. The van der Waals surface area contributed by atoms with Crippen molar-refractivity contribution in [3.63, 3.8) is 0 Å². The van der Waals surface area contributed by atoms with Crippen LogP contribution < -0.4 is 4.74 Å². The molecule has 0 atom stereocenters. The van der Waals surface area contributed by atoms with Crippen LogP contribution in [0.3, 0.4) is 0 Å². The van der Waals surface area contributed by atoms with Gasteiger partial charge in [0.05, 0.1) is 12.1 Å². The third kappa shape index (κ3) is 1.64. The summed E-state index contributed by atoms with van der Waals surface area (Å²) in [6.45, 7) is 0. The first kappa shape index (κ1) is 7.89. The summed E-state index contributed by atoms with van der Waals surface area (Å²) in [5.41, 5.74) is 0. The maximum absolute atomic E-state index is 5.74. The molecule has 3 heteroatoms. The van der Waals surface area contributed by atoms with Gasteiger partial charge in [-0.1, -0.05) is 27.5 Å². The summed E-state index contributed by atoms with van der Waals surface area (Å²) in [5.74, 6) is 0.574. The van der Waals surface area contributed by atoms with Gasteiger partial charge in [0, 0.05) is 10.5 Å². The Morgan fingerprint density at radius 2 is 2.40 bits per heavy atom. The average molecular weight is 220 g/mol. The molecule has 0 saturated carbocycles. The van der Waals surface area contributed by atoms with Crippen molar-refractivity contribution in [3.8, 4) is 5.75 Å². The molecule has 0 aromatic heterocycles. The Labute approximate surface area is 73.1 Å². The number of benzene rings is 1. The van der Waals surface area contributed by atoms with Crippen molar-refractivity contribution in [2.24, 2.45) is 0 Å². The van der Waals surface area contributed by atoms with Gasteiger partial charge >= 0.3 is 0 Å². The van der Waals surface area contributed by atoms with Gasteiger partial charge in [-0.05, 0) is 12.1 Å². The number of hydrogen-bond donors (Lipinski definition) is 0. The summed E-state index contributed by atoms with van der Waals surface area (Å²) >= 11 is 9.00. The van der Waals surface area contributed by atoms with E-state index >= 15 is 0 Å². The Kier molecular flexibility index (Phi) is 2.57. The van der Waals surface area contributed by atoms with Crippen molar-refractivity contribution < 1.29 is 4.74 Å². The van der Waals surface area contributed by atoms with Gasteiger partial charge in [0.2, 0.25) is 0 Å². The van der Waals surface area contributed by atoms with Gasteiger partial charge in [0.1, 0.15) is 5.75 Å². The summed E-state index contributed by atoms with van der Waals surface area (Å²) in [6.07, 6.45) is 0. The topological polar surface area (TPSA) is 9.23 Å². The lowest BCUT2D eigenvalue weighted by molar-refractivity contribution is 0.414. The van der Waals surface area contributed by atoms with Gasteiger partial charge < -0.3 is 4.74 Å². The molecule has 0 amide bonds. The molecule has 1 aromatic carbocycles. The monoisotopic (exact) mass is 219 g/mol. The van der Waals surface area contributed by atoms with Gasteiger partial charge in [-0.25, -0.2) is 0 Å². The quantitative estimate of drug-likeness (QED) is 0.707. The third-order valence-corrected chi connectivity index (χ3v) is 1.77. The molecular weight excluding hydrogens is 215 g/mol. The predicted molar refractivity (Wildman–Crippen MR) is 44.5 cm³/mol. The van der Waals surface area contributed by atoms with E-state index in [2.05, 4.69) is 22.0 Å². The molecule has 53 valence electrons. The summed E-state index contributed by atoms with van der Waals surface area (Å²) < 4.78 is 5.79. The average Bonchev–Trinajstić information content (AvgIpc) is 1.88. The van der Waals surface area contributed by atoms with E-state index in [1.54, 1.807) is 19.2 Å². The minimum Gasteiger partial charge on any atom is -0.495 e. The standard InChI is InChI=1S/C7H5BrClO/c1-10-7-3-2-5(8)4-6(7)9/h2,4H,1H3. The fourth-order valence-corrected chi connectivity index (χ4v) is 1.31. The molecule has 1 nitrogen and oxygen atoms in total. The summed E-state index contributed by atoms with van der Waals surface area (Å²) in [5, 5.41) is 0.567. The second-order valence-corrected chi connectivity index (χ2v) is 3.02. The van der Waals surface area contributed by atoms with Crippen LogP contribution in [0.15, 0.2) is 16.6 Å². The second kappa shape index (κ2) is 3.26. The zero-order valence-electron chi connectivity index (χ0n) is 5.32. The molecule has 1 aromatic rings. The Morgan fingerprint density at radius 3 is 2.90 bits per heavy atom. The Balaban J connectivity index is 3.07. The predicted octanol–water partition coefficient (Wildman–Crippen LogP) is 2.91. The van der Waals surface area contributed by atoms with Gasteiger partial charge in [0.25, 0.3) is 0 Å². The molecule has 0 aliphatic heterocycles. The molecular formula is C7H5BrClO. The zero-order valence-corrected chi connectivity index (χ0v) is 7.66. The van der Waals surface area contributed by atoms with Crippen molar-refractivity contribution >= 4 is 27.5 Å². The number of ether oxygens (including phenoxy) is 1. The molecule has 0 aliphatic rings. The minimum atomic E-state index is 0.567. The van der Waals surface area contributed by atoms with E-state index in [1.165, 1.54) is 0 Å². The lowest BCUT2D eigenvalue weighted by Gasteiger charge is -2.00. The second-order valence-electron chi connectivity index (χ2n) is 1.70. The highest BCUT2D eigenvalue weighted by Gasteiger charge is 1.98. The molecule has 0 unspecified atom stereocenters. The first-order valence-electron chi connectivity index (χ1n) is 2.65. The van der Waals surface area contributed by atoms with Crippen molar-refractivity contribution in [2.75, 3.05) is 7.11 Å². The molecule has 0 heterocycles. The first-order chi connectivity index (χ1) is 4.74. The smallest absolute Gasteiger partial charge is 0.145 e. The lowest BCUT2D eigenvalue weighted by Crippen LogP contribution is -1.82. The van der Waals surface area contributed by atoms with E-state index in [4.69, 9.17) is 16.3 Å². The van der Waals surface area contributed by atoms with Gasteiger partial charge in [-0.15, -0.1) is 0 Å². The van der Waals surface area contributed by atoms with Crippen molar-refractivity contribution in [1.82, 2.24) is 0 Å². The minimum absolute atomic E-state index is 0.567. The first-order valence-corrected chi connectivity index (χ1v) is 3.82. The largest absolute Gasteiger partial charge is 0.495 e. The van der Waals surface area contributed by atoms with Gasteiger partial charge in [-0.3, -0.25) is 0 Å². The Morgan fingerprint density at radius 1 is 1.70 bits per heavy atom. The van der Waals surface area contributed by atoms with Crippen LogP contribution >= 0.6 is 27.5 Å². The molecule has 0 fully saturated rings. The van der Waals surface area contributed by atoms with E-state index in [0.717, 1.165) is 4.47 Å². The molecule has 1 rings (SSSR count). The highest BCUT2D eigenvalue weighted by atomic mass is 79.9. The summed E-state index contributed by atoms with van der Waals surface area (Å²) in [6, 6.07) is 6.37. The molecule has 10 heavy (non-hydrogen) atoms.